The van der Waals surface area contributed by atoms with Gasteiger partial charge in [0.15, 0.2) is 0 Å². The first-order chi connectivity index (χ1) is 15.7. The van der Waals surface area contributed by atoms with Crippen LogP contribution in [0.1, 0.15) is 51.7 Å². The Morgan fingerprint density at radius 3 is 2.67 bits per heavy atom. The molecule has 1 aliphatic rings. The maximum absolute atomic E-state index is 12.0. The molecule has 0 bridgehead atoms. The van der Waals surface area contributed by atoms with Gasteiger partial charge in [-0.2, -0.15) is 5.10 Å². The summed E-state index contributed by atoms with van der Waals surface area (Å²) in [5.74, 6) is 2.09. The maximum atomic E-state index is 12.0. The van der Waals surface area contributed by atoms with Crippen LogP contribution in [-0.2, 0) is 9.53 Å². The highest BCUT2D eigenvalue weighted by Crippen LogP contribution is 2.31. The van der Waals surface area contributed by atoms with Crippen molar-refractivity contribution in [2.24, 2.45) is 5.92 Å². The molecular formula is C25H29N3O5. The molecule has 4 rings (SSSR count). The minimum atomic E-state index is -1.00. The van der Waals surface area contributed by atoms with Crippen LogP contribution in [-0.4, -0.2) is 38.0 Å². The molecular weight excluding hydrogens is 422 g/mol. The predicted molar refractivity (Wildman–Crippen MR) is 122 cm³/mol. The molecule has 174 valence electrons. The van der Waals surface area contributed by atoms with Gasteiger partial charge in [0.25, 0.3) is 0 Å². The van der Waals surface area contributed by atoms with Crippen LogP contribution in [0.4, 0.5) is 0 Å². The number of pyridine rings is 1. The Kier molecular flexibility index (Phi) is 6.65. The van der Waals surface area contributed by atoms with Gasteiger partial charge in [0.1, 0.15) is 17.1 Å². The lowest BCUT2D eigenvalue weighted by Gasteiger charge is -2.20. The molecule has 1 aromatic carbocycles. The van der Waals surface area contributed by atoms with Crippen molar-refractivity contribution in [1.29, 1.82) is 0 Å². The number of aromatic nitrogens is 3. The van der Waals surface area contributed by atoms with E-state index in [4.69, 9.17) is 14.2 Å². The van der Waals surface area contributed by atoms with Crippen LogP contribution < -0.4 is 9.47 Å². The number of rotatable bonds is 9. The molecule has 0 spiro atoms. The summed E-state index contributed by atoms with van der Waals surface area (Å²) < 4.78 is 18.5. The molecule has 1 N–H and O–H groups in total. The van der Waals surface area contributed by atoms with Crippen LogP contribution in [0.5, 0.6) is 17.4 Å². The average Bonchev–Trinajstić information content (AvgIpc) is 3.45. The van der Waals surface area contributed by atoms with Gasteiger partial charge in [-0.3, -0.25) is 4.79 Å². The number of hydrogen-bond acceptors (Lipinski definition) is 7. The van der Waals surface area contributed by atoms with Crippen LogP contribution in [0.3, 0.4) is 0 Å². The Labute approximate surface area is 193 Å². The average molecular weight is 452 g/mol. The van der Waals surface area contributed by atoms with Gasteiger partial charge in [-0.1, -0.05) is 6.07 Å². The molecule has 3 aromatic rings. The second-order valence-electron chi connectivity index (χ2n) is 9.21. The molecule has 0 saturated heterocycles. The molecule has 1 saturated carbocycles. The quantitative estimate of drug-likeness (QED) is 0.475. The number of esters is 1. The summed E-state index contributed by atoms with van der Waals surface area (Å²) in [5.41, 5.74) is 0.616. The molecule has 0 aliphatic heterocycles. The van der Waals surface area contributed by atoms with E-state index in [0.29, 0.717) is 28.8 Å². The Morgan fingerprint density at radius 2 is 1.97 bits per heavy atom. The summed E-state index contributed by atoms with van der Waals surface area (Å²) in [5, 5.41) is 14.6. The topological polar surface area (TPSA) is 95.7 Å². The van der Waals surface area contributed by atoms with Crippen molar-refractivity contribution in [3.8, 4) is 23.1 Å². The highest BCUT2D eigenvalue weighted by Gasteiger charge is 2.22. The number of aliphatic hydroxyl groups excluding tert-OH is 1. The van der Waals surface area contributed by atoms with Gasteiger partial charge < -0.3 is 19.3 Å². The van der Waals surface area contributed by atoms with E-state index < -0.39 is 17.7 Å². The Balaban J connectivity index is 1.35. The first kappa shape index (κ1) is 22.8. The van der Waals surface area contributed by atoms with Crippen molar-refractivity contribution in [2.75, 3.05) is 6.61 Å². The van der Waals surface area contributed by atoms with Gasteiger partial charge in [-0.25, -0.2) is 9.67 Å². The Morgan fingerprint density at radius 1 is 1.18 bits per heavy atom. The van der Waals surface area contributed by atoms with E-state index in [-0.39, 0.29) is 6.42 Å². The van der Waals surface area contributed by atoms with Gasteiger partial charge in [-0.05, 0) is 57.7 Å². The van der Waals surface area contributed by atoms with Crippen LogP contribution in [0.25, 0.3) is 5.69 Å². The van der Waals surface area contributed by atoms with E-state index in [2.05, 4.69) is 10.1 Å². The fourth-order valence-electron chi connectivity index (χ4n) is 3.12. The molecule has 0 amide bonds. The molecule has 1 fully saturated rings. The van der Waals surface area contributed by atoms with Crippen LogP contribution >= 0.6 is 0 Å². The fourth-order valence-corrected chi connectivity index (χ4v) is 3.12. The summed E-state index contributed by atoms with van der Waals surface area (Å²) in [7, 11) is 0. The van der Waals surface area contributed by atoms with Crippen molar-refractivity contribution >= 4 is 5.97 Å². The normalized spacial score (nSPS) is 14.5. The van der Waals surface area contributed by atoms with E-state index in [1.54, 1.807) is 43.9 Å². The zero-order valence-electron chi connectivity index (χ0n) is 19.1. The van der Waals surface area contributed by atoms with E-state index in [1.807, 2.05) is 30.3 Å². The van der Waals surface area contributed by atoms with Crippen LogP contribution in [0, 0.1) is 5.92 Å². The minimum Gasteiger partial charge on any atom is -0.493 e. The molecule has 1 atom stereocenters. The van der Waals surface area contributed by atoms with Gasteiger partial charge >= 0.3 is 5.97 Å². The lowest BCUT2D eigenvalue weighted by atomic mass is 10.1. The van der Waals surface area contributed by atoms with Gasteiger partial charge in [-0.15, -0.1) is 0 Å². The molecule has 1 aliphatic carbocycles. The monoisotopic (exact) mass is 451 g/mol. The Hall–Kier alpha value is -3.39. The fraction of sp³-hybridized carbons (Fsp3) is 0.400. The van der Waals surface area contributed by atoms with Crippen LogP contribution in [0.15, 0.2) is 55.0 Å². The minimum absolute atomic E-state index is 0.141. The van der Waals surface area contributed by atoms with Crippen molar-refractivity contribution in [2.45, 2.75) is 51.7 Å². The number of nitrogens with zero attached hydrogens (tertiary/aromatic N) is 3. The van der Waals surface area contributed by atoms with Crippen LogP contribution in [0.2, 0.25) is 0 Å². The Bertz CT molecular complexity index is 1080. The lowest BCUT2D eigenvalue weighted by molar-refractivity contribution is -0.157. The largest absolute Gasteiger partial charge is 0.493 e. The molecule has 2 aromatic heterocycles. The molecule has 0 radical (unpaired) electrons. The third-order valence-electron chi connectivity index (χ3n) is 4.96. The molecule has 8 heteroatoms. The number of aliphatic hydroxyl groups is 1. The summed E-state index contributed by atoms with van der Waals surface area (Å²) in [6, 6.07) is 11.1. The molecule has 33 heavy (non-hydrogen) atoms. The second-order valence-corrected chi connectivity index (χ2v) is 9.21. The summed E-state index contributed by atoms with van der Waals surface area (Å²) in [4.78, 5) is 16.3. The molecule has 1 unspecified atom stereocenters. The lowest BCUT2D eigenvalue weighted by Crippen LogP contribution is -2.24. The van der Waals surface area contributed by atoms with Crippen molar-refractivity contribution < 1.29 is 24.1 Å². The highest BCUT2D eigenvalue weighted by atomic mass is 16.6. The number of hydrogen-bond donors (Lipinski definition) is 1. The summed E-state index contributed by atoms with van der Waals surface area (Å²) in [6.07, 6.45) is 6.15. The van der Waals surface area contributed by atoms with E-state index in [0.717, 1.165) is 12.4 Å². The number of carbonyl (C=O) groups excluding carboxylic acids is 1. The number of benzene rings is 1. The highest BCUT2D eigenvalue weighted by molar-refractivity contribution is 5.70. The van der Waals surface area contributed by atoms with Crippen molar-refractivity contribution in [3.63, 3.8) is 0 Å². The van der Waals surface area contributed by atoms with Gasteiger partial charge in [0.05, 0.1) is 37.2 Å². The predicted octanol–water partition coefficient (Wildman–Crippen LogP) is 4.61. The van der Waals surface area contributed by atoms with E-state index in [9.17, 15) is 9.90 Å². The number of carbonyl (C=O) groups is 1. The smallest absolute Gasteiger partial charge is 0.309 e. The SMILES string of the molecule is CC(C)(C)OC(=O)CC(O)c1cnn(-c2ccc(Oc3cccc(OCC4CC4)c3)nc2)c1. The summed E-state index contributed by atoms with van der Waals surface area (Å²) in [6.45, 7) is 6.11. The van der Waals surface area contributed by atoms with E-state index in [1.165, 1.54) is 19.0 Å². The van der Waals surface area contributed by atoms with Gasteiger partial charge in [0, 0.05) is 23.9 Å². The van der Waals surface area contributed by atoms with Gasteiger partial charge in [0.2, 0.25) is 5.88 Å². The molecule has 2 heterocycles. The first-order valence-corrected chi connectivity index (χ1v) is 11.1. The second kappa shape index (κ2) is 9.62. The first-order valence-electron chi connectivity index (χ1n) is 11.1. The standard InChI is InChI=1S/C25H29N3O5/c1-25(2,3)33-24(30)12-22(29)18-13-27-28(15-18)19-9-10-23(26-14-19)32-21-6-4-5-20(11-21)31-16-17-7-8-17/h4-6,9-11,13-15,17,22,29H,7-8,12,16H2,1-3H3. The van der Waals surface area contributed by atoms with E-state index >= 15 is 0 Å². The zero-order chi connectivity index (χ0) is 23.4. The third kappa shape index (κ3) is 6.79. The van der Waals surface area contributed by atoms with Crippen molar-refractivity contribution in [3.05, 3.63) is 60.6 Å². The maximum Gasteiger partial charge on any atom is 0.309 e. The summed E-state index contributed by atoms with van der Waals surface area (Å²) >= 11 is 0. The van der Waals surface area contributed by atoms with Crippen molar-refractivity contribution in [1.82, 2.24) is 14.8 Å². The third-order valence-corrected chi connectivity index (χ3v) is 4.96. The number of ether oxygens (including phenoxy) is 3. The molecule has 8 nitrogen and oxygen atoms in total. The zero-order valence-corrected chi connectivity index (χ0v) is 19.1.